The number of hydrogen-bond acceptors (Lipinski definition) is 3. The van der Waals surface area contributed by atoms with Crippen LogP contribution in [0.1, 0.15) is 24.0 Å². The Morgan fingerprint density at radius 3 is 3.00 bits per heavy atom. The molecule has 2 aliphatic heterocycles. The largest absolute Gasteiger partial charge is 0.493 e. The number of ether oxygens (including phenoxy) is 2. The molecule has 0 bridgehead atoms. The third kappa shape index (κ3) is 2.87. The minimum absolute atomic E-state index is 0.202. The van der Waals surface area contributed by atoms with Crippen molar-refractivity contribution < 1.29 is 9.47 Å². The van der Waals surface area contributed by atoms with Crippen LogP contribution in [-0.4, -0.2) is 33.4 Å². The van der Waals surface area contributed by atoms with Gasteiger partial charge in [-0.25, -0.2) is 0 Å². The minimum atomic E-state index is 0.202. The van der Waals surface area contributed by atoms with Crippen LogP contribution < -0.4 is 10.1 Å². The number of rotatable bonds is 4. The number of halogens is 1. The van der Waals surface area contributed by atoms with E-state index in [1.165, 1.54) is 17.5 Å². The van der Waals surface area contributed by atoms with Crippen molar-refractivity contribution in [2.75, 3.05) is 33.4 Å². The average molecular weight is 340 g/mol. The fraction of sp³-hybridized carbons (Fsp3) is 0.625. The van der Waals surface area contributed by atoms with E-state index in [0.717, 1.165) is 55.9 Å². The van der Waals surface area contributed by atoms with Crippen molar-refractivity contribution in [3.05, 3.63) is 27.7 Å². The molecule has 0 spiro atoms. The highest BCUT2D eigenvalue weighted by Gasteiger charge is 2.34. The standard InChI is InChI=1S/C16H22BrNO2/c1-18-10-16(4-2-5-19-11-16)9-13-8-14(17)7-12-3-6-20-15(12)13/h7-8,18H,2-6,9-11H2,1H3. The van der Waals surface area contributed by atoms with Crippen molar-refractivity contribution in [3.8, 4) is 5.75 Å². The molecule has 0 aromatic heterocycles. The smallest absolute Gasteiger partial charge is 0.125 e. The Hall–Kier alpha value is -0.580. The van der Waals surface area contributed by atoms with Gasteiger partial charge in [-0.05, 0) is 49.6 Å². The van der Waals surface area contributed by atoms with E-state index >= 15 is 0 Å². The first kappa shape index (κ1) is 14.4. The zero-order valence-electron chi connectivity index (χ0n) is 12.0. The summed E-state index contributed by atoms with van der Waals surface area (Å²) in [5.41, 5.74) is 2.87. The Morgan fingerprint density at radius 2 is 2.25 bits per heavy atom. The van der Waals surface area contributed by atoms with Gasteiger partial charge in [-0.15, -0.1) is 0 Å². The normalized spacial score (nSPS) is 25.3. The molecule has 0 aliphatic carbocycles. The van der Waals surface area contributed by atoms with Crippen LogP contribution in [0.2, 0.25) is 0 Å². The van der Waals surface area contributed by atoms with Gasteiger partial charge in [-0.1, -0.05) is 15.9 Å². The highest BCUT2D eigenvalue weighted by Crippen LogP contribution is 2.39. The van der Waals surface area contributed by atoms with E-state index in [-0.39, 0.29) is 5.41 Å². The average Bonchev–Trinajstić information content (AvgIpc) is 2.88. The van der Waals surface area contributed by atoms with Crippen molar-refractivity contribution in [1.29, 1.82) is 0 Å². The maximum Gasteiger partial charge on any atom is 0.125 e. The predicted molar refractivity (Wildman–Crippen MR) is 83.5 cm³/mol. The molecule has 2 aliphatic rings. The molecule has 1 aromatic rings. The first-order chi connectivity index (χ1) is 9.72. The molecular formula is C16H22BrNO2. The molecule has 3 rings (SSSR count). The molecule has 110 valence electrons. The van der Waals surface area contributed by atoms with Gasteiger partial charge in [-0.3, -0.25) is 0 Å². The zero-order valence-corrected chi connectivity index (χ0v) is 13.6. The van der Waals surface area contributed by atoms with E-state index < -0.39 is 0 Å². The van der Waals surface area contributed by atoms with Crippen LogP contribution in [0, 0.1) is 5.41 Å². The maximum absolute atomic E-state index is 5.87. The van der Waals surface area contributed by atoms with Crippen LogP contribution in [-0.2, 0) is 17.6 Å². The quantitative estimate of drug-likeness (QED) is 0.914. The van der Waals surface area contributed by atoms with E-state index in [9.17, 15) is 0 Å². The van der Waals surface area contributed by atoms with Crippen LogP contribution in [0.3, 0.4) is 0 Å². The summed E-state index contributed by atoms with van der Waals surface area (Å²) in [6, 6.07) is 4.41. The summed E-state index contributed by atoms with van der Waals surface area (Å²) in [5, 5.41) is 3.35. The summed E-state index contributed by atoms with van der Waals surface area (Å²) >= 11 is 3.63. The fourth-order valence-corrected chi connectivity index (χ4v) is 4.06. The van der Waals surface area contributed by atoms with Gasteiger partial charge < -0.3 is 14.8 Å². The van der Waals surface area contributed by atoms with Crippen LogP contribution in [0.25, 0.3) is 0 Å². The minimum Gasteiger partial charge on any atom is -0.493 e. The molecule has 0 saturated carbocycles. The molecule has 1 N–H and O–H groups in total. The van der Waals surface area contributed by atoms with Crippen LogP contribution >= 0.6 is 15.9 Å². The second-order valence-corrected chi connectivity index (χ2v) is 6.93. The van der Waals surface area contributed by atoms with Gasteiger partial charge in [0.2, 0.25) is 0 Å². The van der Waals surface area contributed by atoms with Gasteiger partial charge in [-0.2, -0.15) is 0 Å². The van der Waals surface area contributed by atoms with E-state index in [4.69, 9.17) is 9.47 Å². The number of benzene rings is 1. The Labute approximate surface area is 129 Å². The van der Waals surface area contributed by atoms with Gasteiger partial charge in [0.1, 0.15) is 5.75 Å². The second kappa shape index (κ2) is 6.04. The van der Waals surface area contributed by atoms with E-state index in [1.807, 2.05) is 7.05 Å². The molecule has 0 amide bonds. The summed E-state index contributed by atoms with van der Waals surface area (Å²) in [4.78, 5) is 0. The van der Waals surface area contributed by atoms with Gasteiger partial charge in [0.25, 0.3) is 0 Å². The third-order valence-electron chi connectivity index (χ3n) is 4.35. The Bertz CT molecular complexity index is 478. The van der Waals surface area contributed by atoms with Crippen molar-refractivity contribution in [2.45, 2.75) is 25.7 Å². The fourth-order valence-electron chi connectivity index (χ4n) is 3.51. The second-order valence-electron chi connectivity index (χ2n) is 6.01. The van der Waals surface area contributed by atoms with Gasteiger partial charge in [0.05, 0.1) is 13.2 Å². The number of hydrogen-bond donors (Lipinski definition) is 1. The predicted octanol–water partition coefficient (Wildman–Crippen LogP) is 2.94. The molecule has 20 heavy (non-hydrogen) atoms. The number of nitrogens with one attached hydrogen (secondary N) is 1. The summed E-state index contributed by atoms with van der Waals surface area (Å²) in [5.74, 6) is 1.12. The lowest BCUT2D eigenvalue weighted by atomic mass is 9.76. The summed E-state index contributed by atoms with van der Waals surface area (Å²) in [6.07, 6.45) is 4.42. The first-order valence-corrected chi connectivity index (χ1v) is 8.18. The van der Waals surface area contributed by atoms with Gasteiger partial charge >= 0.3 is 0 Å². The van der Waals surface area contributed by atoms with Crippen molar-refractivity contribution in [2.24, 2.45) is 5.41 Å². The molecule has 1 fully saturated rings. The summed E-state index contributed by atoms with van der Waals surface area (Å²) in [7, 11) is 2.03. The van der Waals surface area contributed by atoms with Crippen LogP contribution in [0.15, 0.2) is 16.6 Å². The highest BCUT2D eigenvalue weighted by molar-refractivity contribution is 9.10. The van der Waals surface area contributed by atoms with E-state index in [2.05, 4.69) is 33.4 Å². The molecular weight excluding hydrogens is 318 g/mol. The summed E-state index contributed by atoms with van der Waals surface area (Å²) < 4.78 is 12.8. The molecule has 1 unspecified atom stereocenters. The molecule has 0 radical (unpaired) electrons. The monoisotopic (exact) mass is 339 g/mol. The molecule has 4 heteroatoms. The lowest BCUT2D eigenvalue weighted by Gasteiger charge is -2.37. The maximum atomic E-state index is 5.87. The van der Waals surface area contributed by atoms with Crippen LogP contribution in [0.5, 0.6) is 5.75 Å². The van der Waals surface area contributed by atoms with Crippen molar-refractivity contribution in [1.82, 2.24) is 5.32 Å². The van der Waals surface area contributed by atoms with Gasteiger partial charge in [0, 0.05) is 29.5 Å². The number of fused-ring (bicyclic) bond motifs is 1. The Morgan fingerprint density at radius 1 is 1.35 bits per heavy atom. The lowest BCUT2D eigenvalue weighted by molar-refractivity contribution is -0.00648. The Balaban J connectivity index is 1.89. The van der Waals surface area contributed by atoms with E-state index in [1.54, 1.807) is 0 Å². The first-order valence-electron chi connectivity index (χ1n) is 7.39. The zero-order chi connectivity index (χ0) is 14.0. The van der Waals surface area contributed by atoms with Crippen LogP contribution in [0.4, 0.5) is 0 Å². The molecule has 1 saturated heterocycles. The van der Waals surface area contributed by atoms with E-state index in [0.29, 0.717) is 0 Å². The van der Waals surface area contributed by atoms with Crippen molar-refractivity contribution >= 4 is 15.9 Å². The third-order valence-corrected chi connectivity index (χ3v) is 4.80. The van der Waals surface area contributed by atoms with Crippen molar-refractivity contribution in [3.63, 3.8) is 0 Å². The summed E-state index contributed by atoms with van der Waals surface area (Å²) in [6.45, 7) is 3.55. The molecule has 3 nitrogen and oxygen atoms in total. The Kier molecular flexibility index (Phi) is 4.34. The van der Waals surface area contributed by atoms with Gasteiger partial charge in [0.15, 0.2) is 0 Å². The molecule has 1 atom stereocenters. The molecule has 1 aromatic carbocycles. The highest BCUT2D eigenvalue weighted by atomic mass is 79.9. The topological polar surface area (TPSA) is 30.5 Å². The lowest BCUT2D eigenvalue weighted by Crippen LogP contribution is -2.41. The SMILES string of the molecule is CNCC1(Cc2cc(Br)cc3c2OCC3)CCCOC1. The molecule has 2 heterocycles.